The SMILES string of the molecule is Cc1noc(-c2ccc(N3CCCC3c3nonc3C)nc2)n1. The van der Waals surface area contributed by atoms with E-state index >= 15 is 0 Å². The van der Waals surface area contributed by atoms with Gasteiger partial charge in [-0.3, -0.25) is 0 Å². The summed E-state index contributed by atoms with van der Waals surface area (Å²) >= 11 is 0. The summed E-state index contributed by atoms with van der Waals surface area (Å²) in [5, 5.41) is 11.7. The van der Waals surface area contributed by atoms with Crippen molar-refractivity contribution >= 4 is 5.82 Å². The number of pyridine rings is 1. The average Bonchev–Trinajstić information content (AvgIpc) is 3.28. The Morgan fingerprint density at radius 3 is 2.74 bits per heavy atom. The first-order valence-corrected chi connectivity index (χ1v) is 7.55. The summed E-state index contributed by atoms with van der Waals surface area (Å²) in [5.41, 5.74) is 2.53. The summed E-state index contributed by atoms with van der Waals surface area (Å²) in [6.07, 6.45) is 3.86. The van der Waals surface area contributed by atoms with Crippen LogP contribution in [-0.4, -0.2) is 32.0 Å². The Hall–Kier alpha value is -2.77. The molecule has 0 bridgehead atoms. The first-order chi connectivity index (χ1) is 11.2. The highest BCUT2D eigenvalue weighted by Gasteiger charge is 2.31. The van der Waals surface area contributed by atoms with Crippen LogP contribution >= 0.6 is 0 Å². The summed E-state index contributed by atoms with van der Waals surface area (Å²) in [6, 6.07) is 4.07. The molecule has 1 aliphatic heterocycles. The molecule has 0 saturated carbocycles. The minimum absolute atomic E-state index is 0.158. The minimum atomic E-state index is 0.158. The van der Waals surface area contributed by atoms with Crippen molar-refractivity contribution in [1.82, 2.24) is 25.4 Å². The number of rotatable bonds is 3. The van der Waals surface area contributed by atoms with E-state index in [1.54, 1.807) is 13.1 Å². The molecule has 0 aliphatic carbocycles. The maximum Gasteiger partial charge on any atom is 0.259 e. The van der Waals surface area contributed by atoms with E-state index < -0.39 is 0 Å². The van der Waals surface area contributed by atoms with Gasteiger partial charge in [-0.1, -0.05) is 15.5 Å². The van der Waals surface area contributed by atoms with Crippen LogP contribution in [0.5, 0.6) is 0 Å². The van der Waals surface area contributed by atoms with Gasteiger partial charge in [-0.25, -0.2) is 9.61 Å². The molecule has 1 unspecified atom stereocenters. The molecule has 0 radical (unpaired) electrons. The third-order valence-electron chi connectivity index (χ3n) is 4.07. The van der Waals surface area contributed by atoms with Gasteiger partial charge in [0, 0.05) is 12.7 Å². The summed E-state index contributed by atoms with van der Waals surface area (Å²) < 4.78 is 10.0. The molecule has 1 aliphatic rings. The van der Waals surface area contributed by atoms with Crippen LogP contribution in [0.25, 0.3) is 11.5 Å². The third kappa shape index (κ3) is 2.45. The van der Waals surface area contributed by atoms with Crippen LogP contribution in [0.2, 0.25) is 0 Å². The normalized spacial score (nSPS) is 17.8. The van der Waals surface area contributed by atoms with Crippen molar-refractivity contribution in [2.24, 2.45) is 0 Å². The van der Waals surface area contributed by atoms with Gasteiger partial charge in [0.15, 0.2) is 5.82 Å². The van der Waals surface area contributed by atoms with Crippen molar-refractivity contribution in [3.8, 4) is 11.5 Å². The number of nitrogens with zero attached hydrogens (tertiary/aromatic N) is 6. The zero-order valence-electron chi connectivity index (χ0n) is 12.9. The predicted molar refractivity (Wildman–Crippen MR) is 80.6 cm³/mol. The van der Waals surface area contributed by atoms with Gasteiger partial charge < -0.3 is 9.42 Å². The third-order valence-corrected chi connectivity index (χ3v) is 4.07. The van der Waals surface area contributed by atoms with E-state index in [9.17, 15) is 0 Å². The van der Waals surface area contributed by atoms with E-state index in [0.29, 0.717) is 11.7 Å². The first kappa shape index (κ1) is 13.9. The van der Waals surface area contributed by atoms with E-state index in [-0.39, 0.29) is 6.04 Å². The Morgan fingerprint density at radius 1 is 1.17 bits per heavy atom. The van der Waals surface area contributed by atoms with Crippen molar-refractivity contribution in [3.63, 3.8) is 0 Å². The Kier molecular flexibility index (Phi) is 3.29. The van der Waals surface area contributed by atoms with Crippen LogP contribution < -0.4 is 4.90 Å². The average molecular weight is 312 g/mol. The zero-order chi connectivity index (χ0) is 15.8. The lowest BCUT2D eigenvalue weighted by molar-refractivity contribution is 0.299. The minimum Gasteiger partial charge on any atom is -0.348 e. The van der Waals surface area contributed by atoms with Gasteiger partial charge in [-0.05, 0) is 38.8 Å². The lowest BCUT2D eigenvalue weighted by atomic mass is 10.1. The fraction of sp³-hybridized carbons (Fsp3) is 0.400. The Bertz CT molecular complexity index is 809. The van der Waals surface area contributed by atoms with Crippen LogP contribution in [0.4, 0.5) is 5.82 Å². The molecule has 3 aromatic heterocycles. The lowest BCUT2D eigenvalue weighted by Gasteiger charge is -2.24. The lowest BCUT2D eigenvalue weighted by Crippen LogP contribution is -2.24. The molecule has 0 N–H and O–H groups in total. The largest absolute Gasteiger partial charge is 0.348 e. The summed E-state index contributed by atoms with van der Waals surface area (Å²) in [7, 11) is 0. The van der Waals surface area contributed by atoms with Crippen molar-refractivity contribution < 1.29 is 9.15 Å². The molecule has 1 saturated heterocycles. The molecule has 8 nitrogen and oxygen atoms in total. The van der Waals surface area contributed by atoms with E-state index in [1.807, 2.05) is 19.1 Å². The summed E-state index contributed by atoms with van der Waals surface area (Å²) in [4.78, 5) is 11.0. The fourth-order valence-corrected chi connectivity index (χ4v) is 2.96. The molecular weight excluding hydrogens is 296 g/mol. The number of aryl methyl sites for hydroxylation is 2. The van der Waals surface area contributed by atoms with Gasteiger partial charge in [0.05, 0.1) is 11.6 Å². The highest BCUT2D eigenvalue weighted by Crippen LogP contribution is 2.35. The molecule has 0 amide bonds. The number of hydrogen-bond acceptors (Lipinski definition) is 8. The smallest absolute Gasteiger partial charge is 0.259 e. The van der Waals surface area contributed by atoms with Crippen molar-refractivity contribution in [2.45, 2.75) is 32.7 Å². The maximum atomic E-state index is 5.17. The van der Waals surface area contributed by atoms with Crippen LogP contribution in [0.15, 0.2) is 27.5 Å². The molecule has 4 heterocycles. The first-order valence-electron chi connectivity index (χ1n) is 7.55. The number of aromatic nitrogens is 5. The molecule has 23 heavy (non-hydrogen) atoms. The molecule has 8 heteroatoms. The quantitative estimate of drug-likeness (QED) is 0.728. The van der Waals surface area contributed by atoms with E-state index in [0.717, 1.165) is 42.2 Å². The molecule has 1 atom stereocenters. The molecule has 3 aromatic rings. The van der Waals surface area contributed by atoms with Crippen LogP contribution in [0.3, 0.4) is 0 Å². The van der Waals surface area contributed by atoms with E-state index in [1.165, 1.54) is 0 Å². The monoisotopic (exact) mass is 312 g/mol. The molecule has 0 aromatic carbocycles. The van der Waals surface area contributed by atoms with Gasteiger partial charge in [-0.15, -0.1) is 0 Å². The van der Waals surface area contributed by atoms with Crippen molar-refractivity contribution in [2.75, 3.05) is 11.4 Å². The summed E-state index contributed by atoms with van der Waals surface area (Å²) in [5.74, 6) is 1.99. The Labute approximate surface area is 132 Å². The van der Waals surface area contributed by atoms with Gasteiger partial charge in [0.2, 0.25) is 0 Å². The van der Waals surface area contributed by atoms with Crippen molar-refractivity contribution in [1.29, 1.82) is 0 Å². The van der Waals surface area contributed by atoms with Gasteiger partial charge in [0.25, 0.3) is 5.89 Å². The van der Waals surface area contributed by atoms with E-state index in [2.05, 4.69) is 30.3 Å². The van der Waals surface area contributed by atoms with Crippen LogP contribution in [0, 0.1) is 13.8 Å². The standard InChI is InChI=1S/C15H16N6O2/c1-9-14(20-23-18-9)12-4-3-7-21(12)13-6-5-11(8-16-13)15-17-10(2)19-22-15/h5-6,8,12H,3-4,7H2,1-2H3. The maximum absolute atomic E-state index is 5.17. The molecule has 4 rings (SSSR count). The number of anilines is 1. The predicted octanol–water partition coefficient (Wildman–Crippen LogP) is 2.47. The van der Waals surface area contributed by atoms with E-state index in [4.69, 9.17) is 9.15 Å². The molecular formula is C15H16N6O2. The Morgan fingerprint density at radius 2 is 2.09 bits per heavy atom. The second-order valence-corrected chi connectivity index (χ2v) is 5.64. The highest BCUT2D eigenvalue weighted by molar-refractivity contribution is 5.55. The van der Waals surface area contributed by atoms with Gasteiger partial charge in [-0.2, -0.15) is 4.98 Å². The molecule has 1 fully saturated rings. The fourth-order valence-electron chi connectivity index (χ4n) is 2.96. The van der Waals surface area contributed by atoms with Gasteiger partial charge >= 0.3 is 0 Å². The van der Waals surface area contributed by atoms with Gasteiger partial charge in [0.1, 0.15) is 17.2 Å². The second kappa shape index (κ2) is 5.45. The van der Waals surface area contributed by atoms with Crippen LogP contribution in [0.1, 0.15) is 36.1 Å². The second-order valence-electron chi connectivity index (χ2n) is 5.64. The summed E-state index contributed by atoms with van der Waals surface area (Å²) in [6.45, 7) is 4.64. The van der Waals surface area contributed by atoms with Crippen molar-refractivity contribution in [3.05, 3.63) is 35.5 Å². The molecule has 118 valence electrons. The zero-order valence-corrected chi connectivity index (χ0v) is 12.9. The number of hydrogen-bond donors (Lipinski definition) is 0. The highest BCUT2D eigenvalue weighted by atomic mass is 16.6. The molecule has 0 spiro atoms. The topological polar surface area (TPSA) is 94.0 Å². The Balaban J connectivity index is 1.61. The van der Waals surface area contributed by atoms with Crippen LogP contribution in [-0.2, 0) is 0 Å².